The molecule has 0 unspecified atom stereocenters. The van der Waals surface area contributed by atoms with Crippen LogP contribution in [0.4, 0.5) is 0 Å². The number of esters is 1. The zero-order valence-corrected chi connectivity index (χ0v) is 15.0. The lowest BCUT2D eigenvalue weighted by Crippen LogP contribution is -2.20. The third-order valence-electron chi connectivity index (χ3n) is 3.70. The number of fused-ring (bicyclic) bond motifs is 1. The minimum absolute atomic E-state index is 0.160. The van der Waals surface area contributed by atoms with E-state index in [1.807, 2.05) is 6.92 Å². The van der Waals surface area contributed by atoms with Crippen molar-refractivity contribution in [2.45, 2.75) is 6.92 Å². The molecule has 3 rings (SSSR count). The Labute approximate surface area is 159 Å². The van der Waals surface area contributed by atoms with Crippen LogP contribution in [0.5, 0.6) is 17.2 Å². The van der Waals surface area contributed by atoms with Crippen molar-refractivity contribution in [3.63, 3.8) is 0 Å². The lowest BCUT2D eigenvalue weighted by atomic mass is 10.2. The van der Waals surface area contributed by atoms with Crippen LogP contribution in [-0.2, 0) is 4.79 Å². The molecule has 0 fully saturated rings. The minimum atomic E-state index is -0.877. The lowest BCUT2D eigenvalue weighted by molar-refractivity contribution is -0.136. The predicted molar refractivity (Wildman–Crippen MR) is 99.7 cm³/mol. The molecule has 1 heterocycles. The summed E-state index contributed by atoms with van der Waals surface area (Å²) in [6, 6.07) is 12.6. The fraction of sp³-hybridized carbons (Fsp3) is 0.150. The lowest BCUT2D eigenvalue weighted by Gasteiger charge is -2.08. The average Bonchev–Trinajstić information content (AvgIpc) is 2.67. The van der Waals surface area contributed by atoms with Gasteiger partial charge in [0.15, 0.2) is 6.61 Å². The fourth-order valence-electron chi connectivity index (χ4n) is 2.43. The van der Waals surface area contributed by atoms with Crippen molar-refractivity contribution in [3.05, 3.63) is 64.5 Å². The topological polar surface area (TPSA) is 118 Å². The number of ether oxygens (including phenoxy) is 3. The summed E-state index contributed by atoms with van der Waals surface area (Å²) in [7, 11) is 0. The zero-order valence-electron chi connectivity index (χ0n) is 15.0. The predicted octanol–water partition coefficient (Wildman–Crippen LogP) is 2.28. The van der Waals surface area contributed by atoms with E-state index in [1.54, 1.807) is 30.3 Å². The Hall–Kier alpha value is -3.81. The highest BCUT2D eigenvalue weighted by molar-refractivity contribution is 5.95. The van der Waals surface area contributed by atoms with Gasteiger partial charge in [-0.1, -0.05) is 0 Å². The van der Waals surface area contributed by atoms with Gasteiger partial charge in [0, 0.05) is 11.5 Å². The van der Waals surface area contributed by atoms with E-state index in [1.165, 1.54) is 18.2 Å². The van der Waals surface area contributed by atoms with Crippen LogP contribution in [0, 0.1) is 0 Å². The number of rotatable bonds is 7. The van der Waals surface area contributed by atoms with E-state index >= 15 is 0 Å². The quantitative estimate of drug-likeness (QED) is 0.378. The van der Waals surface area contributed by atoms with Gasteiger partial charge in [0.1, 0.15) is 28.4 Å². The molecule has 8 heteroatoms. The van der Waals surface area contributed by atoms with E-state index in [4.69, 9.17) is 24.4 Å². The first-order chi connectivity index (χ1) is 13.5. The molecular formula is C20H17NO7. The van der Waals surface area contributed by atoms with Gasteiger partial charge in [0.05, 0.1) is 6.61 Å². The molecule has 1 amide bonds. The monoisotopic (exact) mass is 383 g/mol. The second-order valence-electron chi connectivity index (χ2n) is 5.68. The minimum Gasteiger partial charge on any atom is -0.494 e. The molecule has 0 aliphatic heterocycles. The number of benzene rings is 2. The summed E-state index contributed by atoms with van der Waals surface area (Å²) < 4.78 is 20.9. The molecule has 0 aliphatic rings. The fourth-order valence-corrected chi connectivity index (χ4v) is 2.43. The number of carbonyl (C=O) groups excluding carboxylic acids is 2. The Bertz CT molecular complexity index is 1070. The number of nitrogens with two attached hydrogens (primary N) is 1. The molecule has 8 nitrogen and oxygen atoms in total. The van der Waals surface area contributed by atoms with Gasteiger partial charge in [-0.25, -0.2) is 9.59 Å². The summed E-state index contributed by atoms with van der Waals surface area (Å²) in [6.07, 6.45) is 0. The van der Waals surface area contributed by atoms with Gasteiger partial charge in [-0.05, 0) is 49.4 Å². The first-order valence-electron chi connectivity index (χ1n) is 8.40. The second kappa shape index (κ2) is 8.26. The molecule has 0 saturated carbocycles. The van der Waals surface area contributed by atoms with E-state index < -0.39 is 17.5 Å². The Kier molecular flexibility index (Phi) is 5.59. The molecule has 0 saturated heterocycles. The maximum atomic E-state index is 12.0. The number of hydrogen-bond donors (Lipinski definition) is 1. The van der Waals surface area contributed by atoms with Crippen molar-refractivity contribution in [1.82, 2.24) is 0 Å². The number of hydrogen-bond acceptors (Lipinski definition) is 7. The van der Waals surface area contributed by atoms with Gasteiger partial charge in [-0.2, -0.15) is 0 Å². The molecule has 0 bridgehead atoms. The summed E-state index contributed by atoms with van der Waals surface area (Å²) in [5, 5.41) is 0.471. The third-order valence-corrected chi connectivity index (χ3v) is 3.70. The van der Waals surface area contributed by atoms with Gasteiger partial charge in [0.25, 0.3) is 5.91 Å². The molecular weight excluding hydrogens is 366 g/mol. The van der Waals surface area contributed by atoms with Gasteiger partial charge >= 0.3 is 11.6 Å². The van der Waals surface area contributed by atoms with Crippen molar-refractivity contribution in [1.29, 1.82) is 0 Å². The molecule has 2 aromatic carbocycles. The van der Waals surface area contributed by atoms with Crippen LogP contribution >= 0.6 is 0 Å². The zero-order chi connectivity index (χ0) is 20.1. The van der Waals surface area contributed by atoms with E-state index in [9.17, 15) is 14.4 Å². The Morgan fingerprint density at radius 1 is 0.964 bits per heavy atom. The largest absolute Gasteiger partial charge is 0.494 e. The molecule has 2 N–H and O–H groups in total. The van der Waals surface area contributed by atoms with Crippen LogP contribution in [0.2, 0.25) is 0 Å². The average molecular weight is 383 g/mol. The van der Waals surface area contributed by atoms with E-state index in [0.29, 0.717) is 23.5 Å². The van der Waals surface area contributed by atoms with Crippen LogP contribution in [0.15, 0.2) is 57.7 Å². The van der Waals surface area contributed by atoms with E-state index in [0.717, 1.165) is 0 Å². The second-order valence-corrected chi connectivity index (χ2v) is 5.68. The summed E-state index contributed by atoms with van der Waals surface area (Å²) in [6.45, 7) is 2.13. The van der Waals surface area contributed by atoms with Crippen molar-refractivity contribution in [2.24, 2.45) is 5.73 Å². The van der Waals surface area contributed by atoms with Gasteiger partial charge in [0.2, 0.25) is 0 Å². The highest BCUT2D eigenvalue weighted by atomic mass is 16.6. The molecule has 0 radical (unpaired) electrons. The Morgan fingerprint density at radius 3 is 2.25 bits per heavy atom. The summed E-state index contributed by atoms with van der Waals surface area (Å²) in [5.74, 6) is -0.150. The number of primary amides is 1. The first-order valence-corrected chi connectivity index (χ1v) is 8.40. The summed E-state index contributed by atoms with van der Waals surface area (Å²) >= 11 is 0. The number of amides is 1. The van der Waals surface area contributed by atoms with Crippen molar-refractivity contribution in [3.8, 4) is 17.2 Å². The Morgan fingerprint density at radius 2 is 1.61 bits per heavy atom. The maximum Gasteiger partial charge on any atom is 0.349 e. The molecule has 0 aliphatic carbocycles. The summed E-state index contributed by atoms with van der Waals surface area (Å²) in [4.78, 5) is 34.9. The molecule has 28 heavy (non-hydrogen) atoms. The van der Waals surface area contributed by atoms with Crippen LogP contribution in [0.3, 0.4) is 0 Å². The van der Waals surface area contributed by atoms with Crippen molar-refractivity contribution < 1.29 is 28.2 Å². The highest BCUT2D eigenvalue weighted by Gasteiger charge is 2.12. The molecule has 3 aromatic rings. The van der Waals surface area contributed by atoms with Crippen LogP contribution in [0.1, 0.15) is 17.3 Å². The van der Waals surface area contributed by atoms with Crippen molar-refractivity contribution in [2.75, 3.05) is 13.2 Å². The summed E-state index contributed by atoms with van der Waals surface area (Å²) in [5.41, 5.74) is 4.17. The van der Waals surface area contributed by atoms with E-state index in [-0.39, 0.29) is 23.5 Å². The van der Waals surface area contributed by atoms with Crippen LogP contribution in [0.25, 0.3) is 11.0 Å². The number of carbonyl (C=O) groups is 2. The highest BCUT2D eigenvalue weighted by Crippen LogP contribution is 2.21. The molecule has 0 spiro atoms. The van der Waals surface area contributed by atoms with Crippen LogP contribution in [-0.4, -0.2) is 25.1 Å². The van der Waals surface area contributed by atoms with Gasteiger partial charge in [-0.15, -0.1) is 0 Å². The van der Waals surface area contributed by atoms with E-state index in [2.05, 4.69) is 0 Å². The SMILES string of the molecule is CCOc1ccc(OCC(=O)Oc2ccc3cc(C(N)=O)c(=O)oc3c2)cc1. The molecule has 144 valence electrons. The van der Waals surface area contributed by atoms with Crippen LogP contribution < -0.4 is 25.6 Å². The third kappa shape index (κ3) is 4.47. The van der Waals surface area contributed by atoms with Gasteiger partial charge < -0.3 is 24.4 Å². The Balaban J connectivity index is 1.65. The standard InChI is InChI=1S/C20H17NO7/c1-2-25-13-5-7-14(8-6-13)26-11-18(22)27-15-4-3-12-9-16(19(21)23)20(24)28-17(12)10-15/h3-10H,2,11H2,1H3,(H2,21,23). The molecule has 0 atom stereocenters. The maximum absolute atomic E-state index is 12.0. The smallest absolute Gasteiger partial charge is 0.349 e. The van der Waals surface area contributed by atoms with Gasteiger partial charge in [-0.3, -0.25) is 4.79 Å². The van der Waals surface area contributed by atoms with Crippen molar-refractivity contribution >= 4 is 22.8 Å². The first kappa shape index (κ1) is 19.0. The normalized spacial score (nSPS) is 10.5. The molecule has 1 aromatic heterocycles.